The molecule has 0 spiro atoms. The van der Waals surface area contributed by atoms with Crippen molar-refractivity contribution in [1.82, 2.24) is 4.90 Å². The minimum Gasteiger partial charge on any atom is -0.479 e. The van der Waals surface area contributed by atoms with E-state index < -0.39 is 31.1 Å². The number of hydrogen-bond acceptors (Lipinski definition) is 4. The van der Waals surface area contributed by atoms with E-state index in [2.05, 4.69) is 0 Å². The number of rotatable bonds is 3. The van der Waals surface area contributed by atoms with Gasteiger partial charge in [-0.05, 0) is 24.6 Å². The molecule has 1 aromatic rings. The van der Waals surface area contributed by atoms with Gasteiger partial charge in [-0.2, -0.15) is 5.26 Å². The second-order valence-corrected chi connectivity index (χ2v) is 5.88. The average molecular weight is 322 g/mol. The van der Waals surface area contributed by atoms with Crippen molar-refractivity contribution in [3.05, 3.63) is 29.3 Å². The largest absolute Gasteiger partial charge is 0.479 e. The summed E-state index contributed by atoms with van der Waals surface area (Å²) in [6.07, 6.45) is -0.606. The molecule has 1 saturated heterocycles. The van der Waals surface area contributed by atoms with Gasteiger partial charge in [0, 0.05) is 18.5 Å². The van der Waals surface area contributed by atoms with Crippen LogP contribution in [0.1, 0.15) is 30.0 Å². The maximum absolute atomic E-state index is 13.5. The molecule has 0 aliphatic carbocycles. The van der Waals surface area contributed by atoms with Crippen molar-refractivity contribution >= 4 is 5.91 Å². The van der Waals surface area contributed by atoms with Crippen LogP contribution in [-0.4, -0.2) is 47.5 Å². The Labute approximate surface area is 132 Å². The van der Waals surface area contributed by atoms with Gasteiger partial charge in [0.25, 0.3) is 0 Å². The SMILES string of the molecule is N#Cc1ccc2c(c1)[C@H](N1CCCC1=O)[C@@H](O)C(CF)(CF)O2. The molecule has 23 heavy (non-hydrogen) atoms. The molecule has 0 aromatic heterocycles. The zero-order valence-corrected chi connectivity index (χ0v) is 12.3. The Kier molecular flexibility index (Phi) is 3.94. The molecule has 2 aliphatic rings. The molecule has 1 aromatic carbocycles. The van der Waals surface area contributed by atoms with Gasteiger partial charge in [-0.25, -0.2) is 8.78 Å². The van der Waals surface area contributed by atoms with E-state index in [9.17, 15) is 18.7 Å². The van der Waals surface area contributed by atoms with Crippen LogP contribution >= 0.6 is 0 Å². The van der Waals surface area contributed by atoms with Crippen LogP contribution in [0.15, 0.2) is 18.2 Å². The maximum Gasteiger partial charge on any atom is 0.223 e. The number of alkyl halides is 2. The van der Waals surface area contributed by atoms with Crippen molar-refractivity contribution in [1.29, 1.82) is 5.26 Å². The Bertz CT molecular complexity index is 670. The molecular weight excluding hydrogens is 306 g/mol. The Balaban J connectivity index is 2.14. The summed E-state index contributed by atoms with van der Waals surface area (Å²) in [5, 5.41) is 19.6. The van der Waals surface area contributed by atoms with E-state index in [-0.39, 0.29) is 11.7 Å². The number of fused-ring (bicyclic) bond motifs is 1. The smallest absolute Gasteiger partial charge is 0.223 e. The first-order chi connectivity index (χ1) is 11.1. The first kappa shape index (κ1) is 15.7. The molecule has 5 nitrogen and oxygen atoms in total. The lowest BCUT2D eigenvalue weighted by molar-refractivity contribution is -0.149. The van der Waals surface area contributed by atoms with E-state index in [0.717, 1.165) is 0 Å². The first-order valence-corrected chi connectivity index (χ1v) is 7.39. The van der Waals surface area contributed by atoms with Gasteiger partial charge in [-0.3, -0.25) is 4.79 Å². The van der Waals surface area contributed by atoms with E-state index in [1.54, 1.807) is 0 Å². The summed E-state index contributed by atoms with van der Waals surface area (Å²) in [5.74, 6) is 0.00479. The number of ether oxygens (including phenoxy) is 1. The highest BCUT2D eigenvalue weighted by molar-refractivity contribution is 5.79. The number of aliphatic hydroxyl groups excluding tert-OH is 1. The molecule has 0 saturated carbocycles. The fraction of sp³-hybridized carbons (Fsp3) is 0.500. The molecule has 2 aliphatic heterocycles. The van der Waals surface area contributed by atoms with Crippen molar-refractivity contribution in [2.45, 2.75) is 30.6 Å². The van der Waals surface area contributed by atoms with Crippen LogP contribution in [0.3, 0.4) is 0 Å². The van der Waals surface area contributed by atoms with Crippen LogP contribution in [0.25, 0.3) is 0 Å². The molecule has 0 radical (unpaired) electrons. The number of nitriles is 1. The maximum atomic E-state index is 13.5. The summed E-state index contributed by atoms with van der Waals surface area (Å²) in [6.45, 7) is -2.04. The van der Waals surface area contributed by atoms with Gasteiger partial charge in [0.2, 0.25) is 5.91 Å². The highest BCUT2D eigenvalue weighted by atomic mass is 19.1. The van der Waals surface area contributed by atoms with Crippen LogP contribution < -0.4 is 4.74 Å². The number of likely N-dealkylation sites (tertiary alicyclic amines) is 1. The van der Waals surface area contributed by atoms with Crippen molar-refractivity contribution in [2.24, 2.45) is 0 Å². The van der Waals surface area contributed by atoms with E-state index >= 15 is 0 Å². The Morgan fingerprint density at radius 1 is 1.43 bits per heavy atom. The number of amides is 1. The summed E-state index contributed by atoms with van der Waals surface area (Å²) in [5.41, 5.74) is -1.30. The minimum atomic E-state index is -2.03. The zero-order valence-electron chi connectivity index (χ0n) is 12.3. The number of halogens is 2. The normalized spacial score (nSPS) is 25.7. The second kappa shape index (κ2) is 5.78. The van der Waals surface area contributed by atoms with Crippen molar-refractivity contribution in [3.63, 3.8) is 0 Å². The Morgan fingerprint density at radius 2 is 2.17 bits per heavy atom. The van der Waals surface area contributed by atoms with Gasteiger partial charge in [0.15, 0.2) is 5.60 Å². The summed E-state index contributed by atoms with van der Waals surface area (Å²) in [7, 11) is 0. The van der Waals surface area contributed by atoms with E-state index in [1.165, 1.54) is 23.1 Å². The highest BCUT2D eigenvalue weighted by Gasteiger charge is 2.53. The highest BCUT2D eigenvalue weighted by Crippen LogP contribution is 2.45. The number of carbonyl (C=O) groups is 1. The van der Waals surface area contributed by atoms with Gasteiger partial charge in [-0.15, -0.1) is 0 Å². The number of nitrogens with zero attached hydrogens (tertiary/aromatic N) is 2. The van der Waals surface area contributed by atoms with Crippen LogP contribution in [0.5, 0.6) is 5.75 Å². The first-order valence-electron chi connectivity index (χ1n) is 7.39. The minimum absolute atomic E-state index is 0.184. The van der Waals surface area contributed by atoms with E-state index in [0.29, 0.717) is 30.5 Å². The van der Waals surface area contributed by atoms with Crippen LogP contribution in [0, 0.1) is 11.3 Å². The molecule has 122 valence electrons. The van der Waals surface area contributed by atoms with Crippen molar-refractivity contribution < 1.29 is 23.4 Å². The van der Waals surface area contributed by atoms with Gasteiger partial charge in [0.05, 0.1) is 17.7 Å². The molecular formula is C16H16F2N2O3. The number of aliphatic hydroxyl groups is 1. The monoisotopic (exact) mass is 322 g/mol. The fourth-order valence-electron chi connectivity index (χ4n) is 3.23. The Hall–Kier alpha value is -2.20. The predicted molar refractivity (Wildman–Crippen MR) is 76.2 cm³/mol. The molecule has 1 fully saturated rings. The summed E-state index contributed by atoms with van der Waals surface area (Å²) >= 11 is 0. The van der Waals surface area contributed by atoms with E-state index in [1.807, 2.05) is 6.07 Å². The molecule has 1 amide bonds. The third-order valence-electron chi connectivity index (χ3n) is 4.51. The summed E-state index contributed by atoms with van der Waals surface area (Å²) < 4.78 is 32.4. The van der Waals surface area contributed by atoms with Gasteiger partial charge >= 0.3 is 0 Å². The second-order valence-electron chi connectivity index (χ2n) is 5.88. The molecule has 1 N–H and O–H groups in total. The molecule has 0 unspecified atom stereocenters. The number of carbonyl (C=O) groups excluding carboxylic acids is 1. The number of hydrogen-bond donors (Lipinski definition) is 1. The van der Waals surface area contributed by atoms with Crippen molar-refractivity contribution in [3.8, 4) is 11.8 Å². The van der Waals surface area contributed by atoms with Gasteiger partial charge < -0.3 is 14.7 Å². The molecule has 0 bridgehead atoms. The lowest BCUT2D eigenvalue weighted by Crippen LogP contribution is -2.60. The van der Waals surface area contributed by atoms with Gasteiger partial charge in [0.1, 0.15) is 25.2 Å². The predicted octanol–water partition coefficient (Wildman–Crippen LogP) is 1.65. The lowest BCUT2D eigenvalue weighted by atomic mass is 9.84. The number of benzene rings is 1. The summed E-state index contributed by atoms with van der Waals surface area (Å²) in [6, 6.07) is 5.47. The van der Waals surface area contributed by atoms with E-state index in [4.69, 9.17) is 10.00 Å². The zero-order chi connectivity index (χ0) is 16.6. The third kappa shape index (κ3) is 2.34. The molecule has 2 atom stereocenters. The Morgan fingerprint density at radius 3 is 2.74 bits per heavy atom. The van der Waals surface area contributed by atoms with Crippen LogP contribution in [0.4, 0.5) is 8.78 Å². The standard InChI is InChI=1S/C16H16F2N2O3/c17-8-16(9-18)15(22)14(20-5-1-2-13(20)21)11-6-10(7-19)3-4-12(11)23-16/h3-4,6,14-15,22H,1-2,5,8-9H2/t14-,15+/m0/s1. The van der Waals surface area contributed by atoms with Gasteiger partial charge in [-0.1, -0.05) is 0 Å². The molecule has 3 rings (SSSR count). The van der Waals surface area contributed by atoms with Crippen LogP contribution in [-0.2, 0) is 4.79 Å². The molecule has 2 heterocycles. The van der Waals surface area contributed by atoms with Crippen LogP contribution in [0.2, 0.25) is 0 Å². The average Bonchev–Trinajstić information content (AvgIpc) is 2.99. The molecule has 7 heteroatoms. The van der Waals surface area contributed by atoms with Crippen molar-refractivity contribution in [2.75, 3.05) is 19.9 Å². The third-order valence-corrected chi connectivity index (χ3v) is 4.51. The lowest BCUT2D eigenvalue weighted by Gasteiger charge is -2.46. The topological polar surface area (TPSA) is 73.6 Å². The quantitative estimate of drug-likeness (QED) is 0.918. The fourth-order valence-corrected chi connectivity index (χ4v) is 3.23. The summed E-state index contributed by atoms with van der Waals surface area (Å²) in [4.78, 5) is 13.5.